The number of halogens is 1. The van der Waals surface area contributed by atoms with E-state index < -0.39 is 12.0 Å². The maximum Gasteiger partial charge on any atom is 0.270 e. The van der Waals surface area contributed by atoms with Crippen molar-refractivity contribution in [1.29, 1.82) is 0 Å². The van der Waals surface area contributed by atoms with Crippen molar-refractivity contribution in [3.05, 3.63) is 60.1 Å². The highest BCUT2D eigenvalue weighted by molar-refractivity contribution is 6.00. The van der Waals surface area contributed by atoms with E-state index in [1.807, 2.05) is 19.9 Å². The van der Waals surface area contributed by atoms with Gasteiger partial charge >= 0.3 is 0 Å². The number of nitrogens with one attached hydrogen (secondary N) is 2. The van der Waals surface area contributed by atoms with Crippen LogP contribution in [0.1, 0.15) is 80.4 Å². The molecule has 3 aromatic heterocycles. The maximum atomic E-state index is 15.2. The van der Waals surface area contributed by atoms with Crippen molar-refractivity contribution in [2.75, 3.05) is 5.32 Å². The molecule has 3 heterocycles. The molecule has 198 valence electrons. The summed E-state index contributed by atoms with van der Waals surface area (Å²) in [6.45, 7) is 3.91. The van der Waals surface area contributed by atoms with Crippen LogP contribution in [-0.4, -0.2) is 37.6 Å². The number of hydrogen-bond donors (Lipinski definition) is 2. The zero-order valence-electron chi connectivity index (χ0n) is 21.7. The Hall–Kier alpha value is -3.62. The summed E-state index contributed by atoms with van der Waals surface area (Å²) in [5, 5.41) is 10.1. The standard InChI is InChI=1S/C29H33FN6O2/c1-16(2)36-23(12-14-32-36)28(37)35-26(25(18-5-6-18)19-7-8-19)29(38)34-24-10-9-21(27(30)33-24)22-15-31-13-11-20(22)17-3-4-17/h9-19,25-26H,3-8H2,1-2H3,(H,35,37)(H,33,34,38)/t26-/m0/s1. The molecule has 1 atom stereocenters. The van der Waals surface area contributed by atoms with Gasteiger partial charge in [0.25, 0.3) is 5.91 Å². The van der Waals surface area contributed by atoms with Crippen LogP contribution in [0.15, 0.2) is 42.9 Å². The molecule has 38 heavy (non-hydrogen) atoms. The summed E-state index contributed by atoms with van der Waals surface area (Å²) in [6.07, 6.45) is 11.4. The van der Waals surface area contributed by atoms with Gasteiger partial charge in [-0.05, 0) is 106 Å². The predicted octanol–water partition coefficient (Wildman–Crippen LogP) is 5.11. The van der Waals surface area contributed by atoms with Crippen LogP contribution in [-0.2, 0) is 4.79 Å². The van der Waals surface area contributed by atoms with Crippen molar-refractivity contribution in [3.63, 3.8) is 0 Å². The number of amides is 2. The van der Waals surface area contributed by atoms with Gasteiger partial charge in [-0.15, -0.1) is 0 Å². The van der Waals surface area contributed by atoms with Gasteiger partial charge in [0.2, 0.25) is 11.9 Å². The molecule has 0 aliphatic heterocycles. The van der Waals surface area contributed by atoms with E-state index in [1.54, 1.807) is 41.5 Å². The number of nitrogens with zero attached hydrogens (tertiary/aromatic N) is 4. The molecule has 9 heteroatoms. The van der Waals surface area contributed by atoms with Gasteiger partial charge in [-0.25, -0.2) is 4.98 Å². The summed E-state index contributed by atoms with van der Waals surface area (Å²) in [4.78, 5) is 35.2. The zero-order valence-corrected chi connectivity index (χ0v) is 21.7. The Morgan fingerprint density at radius 3 is 2.34 bits per heavy atom. The molecule has 2 N–H and O–H groups in total. The minimum atomic E-state index is -0.734. The molecule has 0 unspecified atom stereocenters. The first-order valence-electron chi connectivity index (χ1n) is 13.7. The van der Waals surface area contributed by atoms with Crippen LogP contribution in [0.2, 0.25) is 0 Å². The second kappa shape index (κ2) is 9.93. The minimum Gasteiger partial charge on any atom is -0.339 e. The second-order valence-electron chi connectivity index (χ2n) is 11.2. The van der Waals surface area contributed by atoms with Gasteiger partial charge in [-0.1, -0.05) is 0 Å². The molecule has 8 nitrogen and oxygen atoms in total. The molecule has 0 saturated heterocycles. The van der Waals surface area contributed by atoms with Crippen LogP contribution in [0.5, 0.6) is 0 Å². The van der Waals surface area contributed by atoms with Gasteiger partial charge in [0, 0.05) is 35.8 Å². The van der Waals surface area contributed by atoms with Crippen LogP contribution in [0.4, 0.5) is 10.2 Å². The first kappa shape index (κ1) is 24.7. The van der Waals surface area contributed by atoms with Gasteiger partial charge in [-0.3, -0.25) is 19.3 Å². The predicted molar refractivity (Wildman–Crippen MR) is 141 cm³/mol. The molecule has 3 aliphatic carbocycles. The summed E-state index contributed by atoms with van der Waals surface area (Å²) in [5.41, 5.74) is 2.61. The van der Waals surface area contributed by atoms with Crippen LogP contribution in [0.25, 0.3) is 11.1 Å². The Morgan fingerprint density at radius 2 is 1.71 bits per heavy atom. The first-order chi connectivity index (χ1) is 18.4. The molecule has 3 fully saturated rings. The van der Waals surface area contributed by atoms with Crippen molar-refractivity contribution < 1.29 is 14.0 Å². The van der Waals surface area contributed by atoms with E-state index in [9.17, 15) is 9.59 Å². The monoisotopic (exact) mass is 516 g/mol. The Morgan fingerprint density at radius 1 is 0.974 bits per heavy atom. The highest BCUT2D eigenvalue weighted by Gasteiger charge is 2.48. The normalized spacial score (nSPS) is 18.0. The summed E-state index contributed by atoms with van der Waals surface area (Å²) >= 11 is 0. The topological polar surface area (TPSA) is 102 Å². The van der Waals surface area contributed by atoms with Crippen molar-refractivity contribution in [3.8, 4) is 11.1 Å². The molecular weight excluding hydrogens is 483 g/mol. The molecule has 6 rings (SSSR count). The Kier molecular flexibility index (Phi) is 6.45. The lowest BCUT2D eigenvalue weighted by molar-refractivity contribution is -0.119. The third kappa shape index (κ3) is 5.06. The number of rotatable bonds is 10. The molecule has 0 radical (unpaired) electrons. The molecule has 3 aliphatic rings. The molecule has 3 saturated carbocycles. The van der Waals surface area contributed by atoms with Crippen molar-refractivity contribution in [2.24, 2.45) is 17.8 Å². The average molecular weight is 517 g/mol. The van der Waals surface area contributed by atoms with E-state index in [-0.39, 0.29) is 29.6 Å². The van der Waals surface area contributed by atoms with E-state index >= 15 is 4.39 Å². The Balaban J connectivity index is 1.24. The van der Waals surface area contributed by atoms with E-state index in [4.69, 9.17) is 0 Å². The minimum absolute atomic E-state index is 0.00613. The highest BCUT2D eigenvalue weighted by Crippen LogP contribution is 2.51. The quantitative estimate of drug-likeness (QED) is 0.365. The fraction of sp³-hybridized carbons (Fsp3) is 0.483. The van der Waals surface area contributed by atoms with E-state index in [2.05, 4.69) is 25.7 Å². The summed E-state index contributed by atoms with van der Waals surface area (Å²) < 4.78 is 16.9. The number of anilines is 1. The molecule has 0 aromatic carbocycles. The SMILES string of the molecule is CC(C)n1nccc1C(=O)N[C@H](C(=O)Nc1ccc(-c2cnccc2C2CC2)c(F)n1)C(C1CC1)C1CC1. The smallest absolute Gasteiger partial charge is 0.270 e. The molecule has 0 bridgehead atoms. The van der Waals surface area contributed by atoms with Crippen LogP contribution in [0.3, 0.4) is 0 Å². The molecular formula is C29H33FN6O2. The summed E-state index contributed by atoms with van der Waals surface area (Å²) in [5.74, 6) is 0.0859. The molecule has 2 amide bonds. The van der Waals surface area contributed by atoms with Crippen molar-refractivity contribution in [2.45, 2.75) is 70.4 Å². The maximum absolute atomic E-state index is 15.2. The van der Waals surface area contributed by atoms with E-state index in [0.717, 1.165) is 49.7 Å². The number of carbonyl (C=O) groups excluding carboxylic acids is 2. The van der Waals surface area contributed by atoms with Crippen molar-refractivity contribution in [1.82, 2.24) is 25.1 Å². The van der Waals surface area contributed by atoms with Gasteiger partial charge in [-0.2, -0.15) is 9.49 Å². The lowest BCUT2D eigenvalue weighted by atomic mass is 9.88. The third-order valence-corrected chi connectivity index (χ3v) is 7.94. The van der Waals surface area contributed by atoms with Crippen LogP contribution in [0, 0.1) is 23.7 Å². The second-order valence-corrected chi connectivity index (χ2v) is 11.2. The van der Waals surface area contributed by atoms with E-state index in [1.165, 1.54) is 0 Å². The average Bonchev–Trinajstić information content (AvgIpc) is 3.76. The number of hydrogen-bond acceptors (Lipinski definition) is 5. The fourth-order valence-corrected chi connectivity index (χ4v) is 5.64. The lowest BCUT2D eigenvalue weighted by Gasteiger charge is -2.27. The Labute approximate surface area is 221 Å². The largest absolute Gasteiger partial charge is 0.339 e. The van der Waals surface area contributed by atoms with Gasteiger partial charge in [0.15, 0.2) is 0 Å². The number of pyridine rings is 2. The number of carbonyl (C=O) groups is 2. The molecule has 0 spiro atoms. The van der Waals surface area contributed by atoms with Gasteiger partial charge < -0.3 is 10.6 Å². The zero-order chi connectivity index (χ0) is 26.4. The molecule has 3 aromatic rings. The lowest BCUT2D eigenvalue weighted by Crippen LogP contribution is -2.50. The highest BCUT2D eigenvalue weighted by atomic mass is 19.1. The van der Waals surface area contributed by atoms with Crippen LogP contribution >= 0.6 is 0 Å². The summed E-state index contributed by atoms with van der Waals surface area (Å²) in [6, 6.07) is 6.15. The first-order valence-corrected chi connectivity index (χ1v) is 13.7. The van der Waals surface area contributed by atoms with E-state index in [0.29, 0.717) is 29.0 Å². The Bertz CT molecular complexity index is 1350. The van der Waals surface area contributed by atoms with Crippen molar-refractivity contribution >= 4 is 17.6 Å². The third-order valence-electron chi connectivity index (χ3n) is 7.94. The number of aromatic nitrogens is 4. The van der Waals surface area contributed by atoms with Crippen LogP contribution < -0.4 is 10.6 Å². The van der Waals surface area contributed by atoms with Gasteiger partial charge in [0.1, 0.15) is 17.6 Å². The fourth-order valence-electron chi connectivity index (χ4n) is 5.64. The van der Waals surface area contributed by atoms with Gasteiger partial charge in [0.05, 0.1) is 0 Å². The summed E-state index contributed by atoms with van der Waals surface area (Å²) in [7, 11) is 0.